The van der Waals surface area contributed by atoms with Crippen molar-refractivity contribution in [3.05, 3.63) is 46.2 Å². The fraction of sp³-hybridized carbons (Fsp3) is 0.0769. The first-order valence-corrected chi connectivity index (χ1v) is 6.82. The lowest BCUT2D eigenvalue weighted by molar-refractivity contribution is 0.100. The number of tetrazole rings is 1. The molecule has 0 spiro atoms. The third-order valence-electron chi connectivity index (χ3n) is 2.97. The molecule has 2 aromatic carbocycles. The highest BCUT2D eigenvalue weighted by Gasteiger charge is 2.12. The van der Waals surface area contributed by atoms with Gasteiger partial charge in [0.1, 0.15) is 5.75 Å². The van der Waals surface area contributed by atoms with E-state index in [9.17, 15) is 4.79 Å². The summed E-state index contributed by atoms with van der Waals surface area (Å²) in [6.07, 6.45) is 0. The molecule has 8 heteroatoms. The van der Waals surface area contributed by atoms with E-state index in [2.05, 4.69) is 36.6 Å². The van der Waals surface area contributed by atoms with Crippen LogP contribution in [-0.4, -0.2) is 26.5 Å². The number of carbonyl (C=O) groups is 1. The van der Waals surface area contributed by atoms with Crippen LogP contribution in [0.5, 0.6) is 5.75 Å². The lowest BCUT2D eigenvalue weighted by Gasteiger charge is -2.10. The van der Waals surface area contributed by atoms with E-state index in [4.69, 9.17) is 10.5 Å². The molecule has 0 aliphatic heterocycles. The second kappa shape index (κ2) is 5.49. The zero-order valence-corrected chi connectivity index (χ0v) is 12.3. The molecule has 1 aromatic heterocycles. The maximum absolute atomic E-state index is 11.4. The van der Waals surface area contributed by atoms with Gasteiger partial charge in [-0.2, -0.15) is 5.21 Å². The molecular formula is C13H10BrN5O2. The van der Waals surface area contributed by atoms with Crippen molar-refractivity contribution in [3.63, 3.8) is 0 Å². The van der Waals surface area contributed by atoms with Crippen molar-refractivity contribution in [2.75, 3.05) is 0 Å². The van der Waals surface area contributed by atoms with Crippen molar-refractivity contribution in [2.45, 2.75) is 6.61 Å². The van der Waals surface area contributed by atoms with Gasteiger partial charge < -0.3 is 10.5 Å². The number of amides is 1. The number of ether oxygens (including phenoxy) is 1. The van der Waals surface area contributed by atoms with Crippen LogP contribution in [0, 0.1) is 0 Å². The molecule has 3 rings (SSSR count). The number of aromatic amines is 1. The van der Waals surface area contributed by atoms with Crippen LogP contribution in [0.25, 0.3) is 10.8 Å². The minimum atomic E-state index is -0.465. The van der Waals surface area contributed by atoms with Gasteiger partial charge in [0, 0.05) is 10.9 Å². The molecule has 21 heavy (non-hydrogen) atoms. The van der Waals surface area contributed by atoms with E-state index in [-0.39, 0.29) is 6.61 Å². The van der Waals surface area contributed by atoms with Crippen molar-refractivity contribution >= 4 is 32.6 Å². The summed E-state index contributed by atoms with van der Waals surface area (Å²) < 4.78 is 6.38. The minimum Gasteiger partial charge on any atom is -0.484 e. The van der Waals surface area contributed by atoms with Gasteiger partial charge in [0.05, 0.1) is 4.47 Å². The monoisotopic (exact) mass is 347 g/mol. The van der Waals surface area contributed by atoms with E-state index < -0.39 is 5.91 Å². The average Bonchev–Trinajstić information content (AvgIpc) is 2.99. The Balaban J connectivity index is 1.98. The average molecular weight is 348 g/mol. The number of primary amides is 1. The summed E-state index contributed by atoms with van der Waals surface area (Å²) in [5.41, 5.74) is 5.85. The van der Waals surface area contributed by atoms with Gasteiger partial charge >= 0.3 is 0 Å². The molecular weight excluding hydrogens is 338 g/mol. The molecule has 3 N–H and O–H groups in total. The number of nitrogens with zero attached hydrogens (tertiary/aromatic N) is 3. The summed E-state index contributed by atoms with van der Waals surface area (Å²) in [6.45, 7) is 0.191. The zero-order valence-electron chi connectivity index (χ0n) is 10.7. The number of aromatic nitrogens is 4. The summed E-state index contributed by atoms with van der Waals surface area (Å²) in [5.74, 6) is 0.606. The van der Waals surface area contributed by atoms with Gasteiger partial charge in [-0.15, -0.1) is 10.2 Å². The summed E-state index contributed by atoms with van der Waals surface area (Å²) in [4.78, 5) is 11.4. The van der Waals surface area contributed by atoms with E-state index in [0.29, 0.717) is 17.1 Å². The van der Waals surface area contributed by atoms with Gasteiger partial charge in [0.15, 0.2) is 6.61 Å². The van der Waals surface area contributed by atoms with Crippen LogP contribution in [-0.2, 0) is 6.61 Å². The molecule has 106 valence electrons. The van der Waals surface area contributed by atoms with E-state index >= 15 is 0 Å². The van der Waals surface area contributed by atoms with E-state index in [1.807, 2.05) is 6.07 Å². The number of hydrogen-bond donors (Lipinski definition) is 2. The molecule has 7 nitrogen and oxygen atoms in total. The molecule has 0 aliphatic rings. The standard InChI is InChI=1S/C13H10BrN5O2/c14-12-8-2-1-3-9(13(15)20)7(8)4-5-10(12)21-6-11-16-18-19-17-11/h1-5H,6H2,(H2,15,20)(H,16,17,18,19). The van der Waals surface area contributed by atoms with Crippen LogP contribution in [0.4, 0.5) is 0 Å². The summed E-state index contributed by atoms with van der Waals surface area (Å²) in [6, 6.07) is 8.91. The third-order valence-corrected chi connectivity index (χ3v) is 3.79. The van der Waals surface area contributed by atoms with E-state index in [1.165, 1.54) is 0 Å². The van der Waals surface area contributed by atoms with E-state index in [1.54, 1.807) is 24.3 Å². The highest BCUT2D eigenvalue weighted by Crippen LogP contribution is 2.34. The fourth-order valence-corrected chi connectivity index (χ4v) is 2.61. The van der Waals surface area contributed by atoms with Crippen molar-refractivity contribution < 1.29 is 9.53 Å². The molecule has 0 atom stereocenters. The predicted octanol–water partition coefficient (Wildman–Crippen LogP) is 1.79. The summed E-state index contributed by atoms with van der Waals surface area (Å²) in [5, 5.41) is 15.1. The Kier molecular flexibility index (Phi) is 3.53. The number of H-pyrrole nitrogens is 1. The molecule has 0 bridgehead atoms. The number of halogens is 1. The van der Waals surface area contributed by atoms with Crippen LogP contribution in [0.1, 0.15) is 16.2 Å². The number of carbonyl (C=O) groups excluding carboxylic acids is 1. The number of benzene rings is 2. The SMILES string of the molecule is NC(=O)c1cccc2c(Br)c(OCc3nn[nH]n3)ccc12. The van der Waals surface area contributed by atoms with Gasteiger partial charge in [-0.3, -0.25) is 4.79 Å². The van der Waals surface area contributed by atoms with Crippen LogP contribution < -0.4 is 10.5 Å². The summed E-state index contributed by atoms with van der Waals surface area (Å²) >= 11 is 3.49. The highest BCUT2D eigenvalue weighted by molar-refractivity contribution is 9.10. The lowest BCUT2D eigenvalue weighted by atomic mass is 10.0. The normalized spacial score (nSPS) is 10.7. The second-order valence-electron chi connectivity index (χ2n) is 4.26. The lowest BCUT2D eigenvalue weighted by Crippen LogP contribution is -2.11. The molecule has 0 saturated carbocycles. The molecule has 0 unspecified atom stereocenters. The largest absolute Gasteiger partial charge is 0.484 e. The molecule has 1 heterocycles. The number of nitrogens with one attached hydrogen (secondary N) is 1. The summed E-state index contributed by atoms with van der Waals surface area (Å²) in [7, 11) is 0. The molecule has 0 radical (unpaired) electrons. The van der Waals surface area contributed by atoms with Crippen LogP contribution in [0.15, 0.2) is 34.8 Å². The third kappa shape index (κ3) is 2.57. The minimum absolute atomic E-state index is 0.191. The Labute approximate surface area is 127 Å². The maximum atomic E-state index is 11.4. The first-order valence-electron chi connectivity index (χ1n) is 6.03. The Bertz CT molecular complexity index is 804. The van der Waals surface area contributed by atoms with Crippen molar-refractivity contribution in [2.24, 2.45) is 5.73 Å². The molecule has 0 fully saturated rings. The van der Waals surface area contributed by atoms with Gasteiger partial charge in [-0.25, -0.2) is 0 Å². The topological polar surface area (TPSA) is 107 Å². The Hall–Kier alpha value is -2.48. The molecule has 0 aliphatic carbocycles. The van der Waals surface area contributed by atoms with Gasteiger partial charge in [0.25, 0.3) is 0 Å². The molecule has 0 saturated heterocycles. The van der Waals surface area contributed by atoms with Gasteiger partial charge in [-0.1, -0.05) is 17.3 Å². The van der Waals surface area contributed by atoms with Crippen molar-refractivity contribution in [1.82, 2.24) is 20.6 Å². The molecule has 3 aromatic rings. The number of nitrogens with two attached hydrogens (primary N) is 1. The van der Waals surface area contributed by atoms with Gasteiger partial charge in [-0.05, 0) is 39.5 Å². The van der Waals surface area contributed by atoms with Gasteiger partial charge in [0.2, 0.25) is 11.7 Å². The van der Waals surface area contributed by atoms with Crippen LogP contribution >= 0.6 is 15.9 Å². The van der Waals surface area contributed by atoms with Crippen molar-refractivity contribution in [1.29, 1.82) is 0 Å². The van der Waals surface area contributed by atoms with E-state index in [0.717, 1.165) is 15.2 Å². The maximum Gasteiger partial charge on any atom is 0.249 e. The van der Waals surface area contributed by atoms with Crippen LogP contribution in [0.2, 0.25) is 0 Å². The zero-order chi connectivity index (χ0) is 14.8. The quantitative estimate of drug-likeness (QED) is 0.748. The van der Waals surface area contributed by atoms with Crippen LogP contribution in [0.3, 0.4) is 0 Å². The highest BCUT2D eigenvalue weighted by atomic mass is 79.9. The Morgan fingerprint density at radius 2 is 2.14 bits per heavy atom. The number of rotatable bonds is 4. The Morgan fingerprint density at radius 3 is 2.86 bits per heavy atom. The smallest absolute Gasteiger partial charge is 0.249 e. The van der Waals surface area contributed by atoms with Crippen molar-refractivity contribution in [3.8, 4) is 5.75 Å². The first-order chi connectivity index (χ1) is 10.2. The number of fused-ring (bicyclic) bond motifs is 1. The second-order valence-corrected chi connectivity index (χ2v) is 5.05. The number of hydrogen-bond acceptors (Lipinski definition) is 5. The molecule has 1 amide bonds. The Morgan fingerprint density at radius 1 is 1.29 bits per heavy atom. The first kappa shape index (κ1) is 13.5. The fourth-order valence-electron chi connectivity index (χ4n) is 2.01. The predicted molar refractivity (Wildman–Crippen MR) is 78.7 cm³/mol.